The van der Waals surface area contributed by atoms with Crippen molar-refractivity contribution in [3.8, 4) is 0 Å². The molecule has 1 aliphatic heterocycles. The lowest BCUT2D eigenvalue weighted by molar-refractivity contribution is -0.384. The fourth-order valence-electron chi connectivity index (χ4n) is 2.17. The van der Waals surface area contributed by atoms with E-state index in [4.69, 9.17) is 16.3 Å². The molecule has 0 N–H and O–H groups in total. The third-order valence-corrected chi connectivity index (χ3v) is 5.01. The van der Waals surface area contributed by atoms with Crippen molar-refractivity contribution in [3.05, 3.63) is 39.9 Å². The molecule has 1 saturated heterocycles. The van der Waals surface area contributed by atoms with Crippen molar-refractivity contribution in [2.75, 3.05) is 6.61 Å². The van der Waals surface area contributed by atoms with Crippen molar-refractivity contribution < 1.29 is 33.6 Å². The average molecular weight is 431 g/mol. The van der Waals surface area contributed by atoms with Gasteiger partial charge in [0.1, 0.15) is 6.61 Å². The molecule has 2 rings (SSSR count). The molecule has 150 valence electrons. The molecule has 10 nitrogen and oxygen atoms in total. The zero-order chi connectivity index (χ0) is 20.8. The van der Waals surface area contributed by atoms with Crippen LogP contribution in [0.2, 0.25) is 0 Å². The number of alkyl halides is 1. The number of amides is 1. The van der Waals surface area contributed by atoms with E-state index in [-0.39, 0.29) is 18.7 Å². The van der Waals surface area contributed by atoms with Crippen LogP contribution in [0.4, 0.5) is 5.69 Å². The number of hydrogen-bond acceptors (Lipinski definition) is 9. The van der Waals surface area contributed by atoms with Crippen molar-refractivity contribution in [2.24, 2.45) is 0 Å². The first-order valence-electron chi connectivity index (χ1n) is 7.87. The molecule has 0 aliphatic carbocycles. The summed E-state index contributed by atoms with van der Waals surface area (Å²) in [5.41, 5.74) is -1.03. The monoisotopic (exact) mass is 430 g/mol. The van der Waals surface area contributed by atoms with Crippen molar-refractivity contribution >= 4 is 52.0 Å². The number of nitrogens with zero attached hydrogens (tertiary/aromatic N) is 2. The zero-order valence-corrected chi connectivity index (χ0v) is 16.1. The highest BCUT2D eigenvalue weighted by Gasteiger charge is 2.45. The number of nitro groups is 1. The third-order valence-electron chi connectivity index (χ3n) is 3.58. The van der Waals surface area contributed by atoms with Crippen LogP contribution in [0, 0.1) is 10.1 Å². The molecule has 0 saturated carbocycles. The average Bonchev–Trinajstić information content (AvgIpc) is 2.64. The van der Waals surface area contributed by atoms with Gasteiger partial charge >= 0.3 is 11.9 Å². The summed E-state index contributed by atoms with van der Waals surface area (Å²) >= 11 is 6.74. The minimum atomic E-state index is -1.43. The first-order chi connectivity index (χ1) is 13.2. The quantitative estimate of drug-likeness (QED) is 0.150. The number of benzene rings is 1. The SMILES string of the molecule is CC(=O)OCC(=O)S[C@@H]1CC(=O)N1C(Cl)C(=O)OCc1ccc([N+](=O)[O-])cc1. The number of carbonyl (C=O) groups is 4. The number of hydrogen-bond donors (Lipinski definition) is 0. The first kappa shape index (κ1) is 21.6. The van der Waals surface area contributed by atoms with Gasteiger partial charge in [0.05, 0.1) is 16.7 Å². The Labute approximate surface area is 168 Å². The molecule has 0 aromatic heterocycles. The highest BCUT2D eigenvalue weighted by molar-refractivity contribution is 8.14. The molecule has 1 unspecified atom stereocenters. The summed E-state index contributed by atoms with van der Waals surface area (Å²) in [6.45, 7) is 0.522. The summed E-state index contributed by atoms with van der Waals surface area (Å²) in [7, 11) is 0. The Kier molecular flexibility index (Phi) is 7.35. The van der Waals surface area contributed by atoms with E-state index in [0.29, 0.717) is 5.56 Å². The number of β-lactam (4-membered cyclic amide) rings is 1. The van der Waals surface area contributed by atoms with Gasteiger partial charge in [-0.1, -0.05) is 23.4 Å². The molecular formula is C16H15ClN2O8S. The number of thioether (sulfide) groups is 1. The fraction of sp³-hybridized carbons (Fsp3) is 0.375. The number of esters is 2. The Hall–Kier alpha value is -2.66. The van der Waals surface area contributed by atoms with Crippen LogP contribution in [-0.2, 0) is 35.3 Å². The molecule has 28 heavy (non-hydrogen) atoms. The predicted molar refractivity (Wildman–Crippen MR) is 97.0 cm³/mol. The highest BCUT2D eigenvalue weighted by atomic mass is 35.5. The smallest absolute Gasteiger partial charge is 0.345 e. The maximum absolute atomic E-state index is 12.1. The number of nitro benzene ring substituents is 1. The van der Waals surface area contributed by atoms with Gasteiger partial charge in [-0.25, -0.2) is 4.79 Å². The Balaban J connectivity index is 1.86. The predicted octanol–water partition coefficient (Wildman–Crippen LogP) is 1.58. The van der Waals surface area contributed by atoms with Gasteiger partial charge in [0.2, 0.25) is 16.5 Å². The fourth-order valence-corrected chi connectivity index (χ4v) is 3.55. The second-order valence-corrected chi connectivity index (χ2v) is 7.25. The van der Waals surface area contributed by atoms with Crippen molar-refractivity contribution in [3.63, 3.8) is 0 Å². The van der Waals surface area contributed by atoms with Gasteiger partial charge in [-0.15, -0.1) is 0 Å². The maximum Gasteiger partial charge on any atom is 0.345 e. The lowest BCUT2D eigenvalue weighted by Crippen LogP contribution is -2.57. The molecule has 12 heteroatoms. The topological polar surface area (TPSA) is 133 Å². The van der Waals surface area contributed by atoms with Crippen LogP contribution in [0.25, 0.3) is 0 Å². The van der Waals surface area contributed by atoms with Gasteiger partial charge in [0, 0.05) is 19.1 Å². The first-order valence-corrected chi connectivity index (χ1v) is 9.18. The van der Waals surface area contributed by atoms with Gasteiger partial charge in [0.25, 0.3) is 5.69 Å². The second kappa shape index (κ2) is 9.51. The van der Waals surface area contributed by atoms with Gasteiger partial charge < -0.3 is 14.4 Å². The molecule has 1 aromatic rings. The molecule has 0 radical (unpaired) electrons. The number of non-ortho nitro benzene ring substituents is 1. The largest absolute Gasteiger partial charge is 0.458 e. The zero-order valence-electron chi connectivity index (χ0n) is 14.5. The number of ether oxygens (including phenoxy) is 2. The molecule has 1 aliphatic rings. The lowest BCUT2D eigenvalue weighted by Gasteiger charge is -2.41. The van der Waals surface area contributed by atoms with E-state index < -0.39 is 45.4 Å². The minimum Gasteiger partial charge on any atom is -0.458 e. The van der Waals surface area contributed by atoms with E-state index in [1.807, 2.05) is 0 Å². The minimum absolute atomic E-state index is 0.00926. The lowest BCUT2D eigenvalue weighted by atomic mass is 10.2. The normalized spacial score (nSPS) is 16.7. The summed E-state index contributed by atoms with van der Waals surface area (Å²) in [6, 6.07) is 5.38. The van der Waals surface area contributed by atoms with E-state index in [9.17, 15) is 29.3 Å². The Bertz CT molecular complexity index is 800. The van der Waals surface area contributed by atoms with E-state index in [2.05, 4.69) is 4.74 Å². The molecule has 0 spiro atoms. The van der Waals surface area contributed by atoms with Crippen molar-refractivity contribution in [1.29, 1.82) is 0 Å². The molecule has 1 fully saturated rings. The molecule has 1 aromatic carbocycles. The van der Waals surface area contributed by atoms with E-state index >= 15 is 0 Å². The van der Waals surface area contributed by atoms with Gasteiger partial charge in [-0.3, -0.25) is 24.5 Å². The number of carbonyl (C=O) groups excluding carboxylic acids is 4. The number of rotatable bonds is 8. The van der Waals surface area contributed by atoms with Gasteiger partial charge in [-0.2, -0.15) is 0 Å². The van der Waals surface area contributed by atoms with Gasteiger partial charge in [-0.05, 0) is 17.7 Å². The van der Waals surface area contributed by atoms with Gasteiger partial charge in [0.15, 0.2) is 6.61 Å². The number of halogens is 1. The Morgan fingerprint density at radius 1 is 1.32 bits per heavy atom. The van der Waals surface area contributed by atoms with Crippen molar-refractivity contribution in [1.82, 2.24) is 4.90 Å². The highest BCUT2D eigenvalue weighted by Crippen LogP contribution is 2.33. The van der Waals surface area contributed by atoms with Crippen LogP contribution in [-0.4, -0.2) is 50.3 Å². The molecule has 1 heterocycles. The summed E-state index contributed by atoms with van der Waals surface area (Å²) < 4.78 is 9.60. The van der Waals surface area contributed by atoms with Crippen LogP contribution in [0.1, 0.15) is 18.9 Å². The summed E-state index contributed by atoms with van der Waals surface area (Å²) in [4.78, 5) is 57.4. The van der Waals surface area contributed by atoms with E-state index in [1.165, 1.54) is 24.3 Å². The summed E-state index contributed by atoms with van der Waals surface area (Å²) in [5, 5.41) is 9.46. The summed E-state index contributed by atoms with van der Waals surface area (Å²) in [6.07, 6.45) is 0.00926. The maximum atomic E-state index is 12.1. The third kappa shape index (κ3) is 5.67. The molecule has 0 bridgehead atoms. The molecule has 2 atom stereocenters. The van der Waals surface area contributed by atoms with Crippen LogP contribution in [0.15, 0.2) is 24.3 Å². The summed E-state index contributed by atoms with van der Waals surface area (Å²) in [5.74, 6) is -1.93. The second-order valence-electron chi connectivity index (χ2n) is 5.60. The van der Waals surface area contributed by atoms with Crippen LogP contribution in [0.5, 0.6) is 0 Å². The Morgan fingerprint density at radius 2 is 1.96 bits per heavy atom. The Morgan fingerprint density at radius 3 is 2.50 bits per heavy atom. The van der Waals surface area contributed by atoms with Crippen molar-refractivity contribution in [2.45, 2.75) is 30.8 Å². The van der Waals surface area contributed by atoms with Crippen LogP contribution >= 0.6 is 23.4 Å². The van der Waals surface area contributed by atoms with Crippen LogP contribution in [0.3, 0.4) is 0 Å². The van der Waals surface area contributed by atoms with Crippen LogP contribution < -0.4 is 0 Å². The van der Waals surface area contributed by atoms with E-state index in [0.717, 1.165) is 23.6 Å². The molecule has 1 amide bonds. The number of likely N-dealkylation sites (tertiary alicyclic amines) is 1. The molecular weight excluding hydrogens is 416 g/mol. The standard InChI is InChI=1S/C16H15ClN2O8S/c1-9(20)26-8-14(22)28-13-6-12(21)18(13)15(17)16(23)27-7-10-2-4-11(5-3-10)19(24)25/h2-5,13,15H,6-8H2,1H3/t13-,15?/m1/s1. The van der Waals surface area contributed by atoms with E-state index in [1.54, 1.807) is 0 Å².